The van der Waals surface area contributed by atoms with Crippen molar-refractivity contribution in [3.05, 3.63) is 52.4 Å². The average molecular weight is 316 g/mol. The van der Waals surface area contributed by atoms with Crippen molar-refractivity contribution in [2.24, 2.45) is 0 Å². The minimum Gasteiger partial charge on any atom is -0.452 e. The summed E-state index contributed by atoms with van der Waals surface area (Å²) in [6, 6.07) is 9.77. The average Bonchev–Trinajstić information content (AvgIpc) is 2.99. The molecule has 0 radical (unpaired) electrons. The van der Waals surface area contributed by atoms with E-state index >= 15 is 0 Å². The maximum atomic E-state index is 11.8. The van der Waals surface area contributed by atoms with Crippen LogP contribution in [0.1, 0.15) is 21.5 Å². The van der Waals surface area contributed by atoms with Crippen LogP contribution in [0.2, 0.25) is 0 Å². The second-order valence-corrected chi connectivity index (χ2v) is 5.17. The predicted molar refractivity (Wildman–Crippen MR) is 80.3 cm³/mol. The topological polar surface area (TPSA) is 99.4 Å². The SMILES string of the molecule is N#Cc1ccsc1NC(=O)COC(=O)c1ccc(CO)cc1. The van der Waals surface area contributed by atoms with Gasteiger partial charge in [-0.2, -0.15) is 5.26 Å². The molecular weight excluding hydrogens is 304 g/mol. The highest BCUT2D eigenvalue weighted by molar-refractivity contribution is 7.14. The Morgan fingerprint density at radius 3 is 2.64 bits per heavy atom. The number of anilines is 1. The number of carbonyl (C=O) groups is 2. The van der Waals surface area contributed by atoms with Crippen molar-refractivity contribution in [1.82, 2.24) is 0 Å². The molecule has 0 spiro atoms. The molecule has 6 nitrogen and oxygen atoms in total. The number of nitrogens with zero attached hydrogens (tertiary/aromatic N) is 1. The number of amides is 1. The molecule has 2 N–H and O–H groups in total. The van der Waals surface area contributed by atoms with E-state index in [1.54, 1.807) is 23.6 Å². The van der Waals surface area contributed by atoms with Crippen LogP contribution in [0.4, 0.5) is 5.00 Å². The van der Waals surface area contributed by atoms with E-state index in [1.807, 2.05) is 6.07 Å². The predicted octanol–water partition coefficient (Wildman–Crippen LogP) is 1.91. The lowest BCUT2D eigenvalue weighted by atomic mass is 10.1. The van der Waals surface area contributed by atoms with E-state index < -0.39 is 18.5 Å². The number of hydrogen-bond donors (Lipinski definition) is 2. The maximum Gasteiger partial charge on any atom is 0.338 e. The molecule has 0 unspecified atom stereocenters. The normalized spacial score (nSPS) is 9.82. The summed E-state index contributed by atoms with van der Waals surface area (Å²) in [5.41, 5.74) is 1.33. The first-order valence-electron chi connectivity index (χ1n) is 6.28. The highest BCUT2D eigenvalue weighted by Gasteiger charge is 2.12. The van der Waals surface area contributed by atoms with Crippen molar-refractivity contribution in [2.75, 3.05) is 11.9 Å². The molecule has 0 bridgehead atoms. The standard InChI is InChI=1S/C15H12N2O4S/c16-7-12-5-6-22-14(12)17-13(19)9-21-15(20)11-3-1-10(8-18)2-4-11/h1-6,18H,8-9H2,(H,17,19). The molecule has 22 heavy (non-hydrogen) atoms. The molecule has 0 aliphatic heterocycles. The van der Waals surface area contributed by atoms with Crippen LogP contribution in [0, 0.1) is 11.3 Å². The summed E-state index contributed by atoms with van der Waals surface area (Å²) in [4.78, 5) is 23.5. The molecule has 1 aromatic carbocycles. The first kappa shape index (κ1) is 15.7. The molecule has 0 aliphatic carbocycles. The van der Waals surface area contributed by atoms with Gasteiger partial charge in [-0.05, 0) is 29.1 Å². The summed E-state index contributed by atoms with van der Waals surface area (Å²) in [5, 5.41) is 22.4. The number of nitrogens with one attached hydrogen (secondary N) is 1. The lowest BCUT2D eigenvalue weighted by Crippen LogP contribution is -2.20. The zero-order valence-electron chi connectivity index (χ0n) is 11.4. The Labute approximate surface area is 130 Å². The fourth-order valence-corrected chi connectivity index (χ4v) is 2.37. The summed E-state index contributed by atoms with van der Waals surface area (Å²) >= 11 is 1.22. The van der Waals surface area contributed by atoms with Crippen LogP contribution >= 0.6 is 11.3 Å². The van der Waals surface area contributed by atoms with E-state index in [1.165, 1.54) is 23.5 Å². The monoisotopic (exact) mass is 316 g/mol. The van der Waals surface area contributed by atoms with Gasteiger partial charge in [0.15, 0.2) is 6.61 Å². The third-order valence-electron chi connectivity index (χ3n) is 2.75. The first-order chi connectivity index (χ1) is 10.6. The first-order valence-corrected chi connectivity index (χ1v) is 7.16. The van der Waals surface area contributed by atoms with Crippen molar-refractivity contribution in [2.45, 2.75) is 6.61 Å². The molecule has 0 atom stereocenters. The number of hydrogen-bond acceptors (Lipinski definition) is 6. The number of aliphatic hydroxyl groups is 1. The van der Waals surface area contributed by atoms with Crippen LogP contribution < -0.4 is 5.32 Å². The molecule has 0 saturated heterocycles. The van der Waals surface area contributed by atoms with Gasteiger partial charge in [0.1, 0.15) is 11.1 Å². The highest BCUT2D eigenvalue weighted by Crippen LogP contribution is 2.21. The molecule has 1 amide bonds. The van der Waals surface area contributed by atoms with Gasteiger partial charge in [-0.25, -0.2) is 4.79 Å². The van der Waals surface area contributed by atoms with Crippen LogP contribution in [-0.2, 0) is 16.1 Å². The van der Waals surface area contributed by atoms with Crippen molar-refractivity contribution < 1.29 is 19.4 Å². The number of esters is 1. The number of ether oxygens (including phenoxy) is 1. The van der Waals surface area contributed by atoms with E-state index in [2.05, 4.69) is 5.32 Å². The summed E-state index contributed by atoms with van der Waals surface area (Å²) in [5.74, 6) is -1.15. The Morgan fingerprint density at radius 2 is 2.00 bits per heavy atom. The Morgan fingerprint density at radius 1 is 1.27 bits per heavy atom. The number of carbonyl (C=O) groups excluding carboxylic acids is 2. The summed E-state index contributed by atoms with van der Waals surface area (Å²) in [6.07, 6.45) is 0. The smallest absolute Gasteiger partial charge is 0.338 e. The number of nitriles is 1. The molecular formula is C15H12N2O4S. The Kier molecular flexibility index (Phi) is 5.25. The number of benzene rings is 1. The molecule has 112 valence electrons. The van der Waals surface area contributed by atoms with Crippen LogP contribution in [-0.4, -0.2) is 23.6 Å². The lowest BCUT2D eigenvalue weighted by molar-refractivity contribution is -0.119. The highest BCUT2D eigenvalue weighted by atomic mass is 32.1. The molecule has 1 aromatic heterocycles. The van der Waals surface area contributed by atoms with Crippen molar-refractivity contribution in [3.8, 4) is 6.07 Å². The van der Waals surface area contributed by atoms with Crippen LogP contribution in [0.25, 0.3) is 0 Å². The Hall–Kier alpha value is -2.69. The molecule has 0 aliphatic rings. The van der Waals surface area contributed by atoms with Crippen LogP contribution in [0.15, 0.2) is 35.7 Å². The fraction of sp³-hybridized carbons (Fsp3) is 0.133. The van der Waals surface area contributed by atoms with Gasteiger partial charge in [-0.1, -0.05) is 12.1 Å². The van der Waals surface area contributed by atoms with E-state index in [4.69, 9.17) is 15.1 Å². The van der Waals surface area contributed by atoms with Crippen LogP contribution in [0.3, 0.4) is 0 Å². The molecule has 1 heterocycles. The largest absolute Gasteiger partial charge is 0.452 e. The van der Waals surface area contributed by atoms with E-state index in [-0.39, 0.29) is 6.61 Å². The summed E-state index contributed by atoms with van der Waals surface area (Å²) < 4.78 is 4.89. The number of thiophene rings is 1. The Bertz CT molecular complexity index is 716. The van der Waals surface area contributed by atoms with Crippen molar-refractivity contribution in [1.29, 1.82) is 5.26 Å². The van der Waals surface area contributed by atoms with Gasteiger partial charge in [0.25, 0.3) is 5.91 Å². The number of rotatable bonds is 5. The zero-order valence-corrected chi connectivity index (χ0v) is 12.2. The fourth-order valence-electron chi connectivity index (χ4n) is 1.62. The minimum absolute atomic E-state index is 0.111. The number of aliphatic hydroxyl groups excluding tert-OH is 1. The summed E-state index contributed by atoms with van der Waals surface area (Å²) in [7, 11) is 0. The van der Waals surface area contributed by atoms with Gasteiger partial charge in [0.2, 0.25) is 0 Å². The lowest BCUT2D eigenvalue weighted by Gasteiger charge is -2.06. The van der Waals surface area contributed by atoms with Crippen molar-refractivity contribution in [3.63, 3.8) is 0 Å². The van der Waals surface area contributed by atoms with Gasteiger partial charge < -0.3 is 15.2 Å². The molecule has 2 aromatic rings. The molecule has 7 heteroatoms. The second-order valence-electron chi connectivity index (χ2n) is 4.25. The maximum absolute atomic E-state index is 11.8. The summed E-state index contributed by atoms with van der Waals surface area (Å²) in [6.45, 7) is -0.552. The molecule has 0 fully saturated rings. The van der Waals surface area contributed by atoms with E-state index in [9.17, 15) is 9.59 Å². The molecule has 0 saturated carbocycles. The zero-order chi connectivity index (χ0) is 15.9. The van der Waals surface area contributed by atoms with Gasteiger partial charge in [0.05, 0.1) is 17.7 Å². The van der Waals surface area contributed by atoms with Gasteiger partial charge >= 0.3 is 5.97 Å². The van der Waals surface area contributed by atoms with Gasteiger partial charge in [-0.15, -0.1) is 11.3 Å². The Balaban J connectivity index is 1.88. The van der Waals surface area contributed by atoms with E-state index in [0.717, 1.165) is 0 Å². The minimum atomic E-state index is -0.633. The van der Waals surface area contributed by atoms with Crippen molar-refractivity contribution >= 4 is 28.2 Å². The van der Waals surface area contributed by atoms with Crippen LogP contribution in [0.5, 0.6) is 0 Å². The second kappa shape index (κ2) is 7.36. The van der Waals surface area contributed by atoms with Gasteiger partial charge in [0, 0.05) is 0 Å². The van der Waals surface area contributed by atoms with E-state index in [0.29, 0.717) is 21.7 Å². The van der Waals surface area contributed by atoms with Gasteiger partial charge in [-0.3, -0.25) is 4.79 Å². The third kappa shape index (κ3) is 3.91. The molecule has 2 rings (SSSR count). The third-order valence-corrected chi connectivity index (χ3v) is 3.58. The quantitative estimate of drug-likeness (QED) is 0.821.